The van der Waals surface area contributed by atoms with Gasteiger partial charge in [-0.2, -0.15) is 0 Å². The number of allylic oxidation sites excluding steroid dienone is 3. The molecule has 0 aromatic carbocycles. The van der Waals surface area contributed by atoms with E-state index in [1.807, 2.05) is 6.08 Å². The molecule has 0 saturated carbocycles. The van der Waals surface area contributed by atoms with Gasteiger partial charge in [-0.15, -0.1) is 0 Å². The van der Waals surface area contributed by atoms with Crippen LogP contribution in [0.15, 0.2) is 34.9 Å². The zero-order valence-electron chi connectivity index (χ0n) is 11.3. The van der Waals surface area contributed by atoms with E-state index >= 15 is 0 Å². The van der Waals surface area contributed by atoms with E-state index in [4.69, 9.17) is 11.6 Å². The average Bonchev–Trinajstić information content (AvgIpc) is 2.15. The first-order valence-electron chi connectivity index (χ1n) is 6.18. The van der Waals surface area contributed by atoms with E-state index in [2.05, 4.69) is 26.8 Å². The third-order valence-electron chi connectivity index (χ3n) is 3.53. The van der Waals surface area contributed by atoms with Crippen molar-refractivity contribution in [1.82, 2.24) is 0 Å². The van der Waals surface area contributed by atoms with Gasteiger partial charge >= 0.3 is 0 Å². The van der Waals surface area contributed by atoms with Crippen LogP contribution in [0.4, 0.5) is 0 Å². The summed E-state index contributed by atoms with van der Waals surface area (Å²) in [5.41, 5.74) is 3.38. The first-order valence-corrected chi connectivity index (χ1v) is 6.62. The highest BCUT2D eigenvalue weighted by atomic mass is 35.5. The number of hydrogen-bond donors (Lipinski definition) is 1. The van der Waals surface area contributed by atoms with E-state index in [-0.39, 0.29) is 5.41 Å². The second kappa shape index (κ2) is 5.41. The highest BCUT2D eigenvalue weighted by Crippen LogP contribution is 2.40. The predicted molar refractivity (Wildman–Crippen MR) is 75.1 cm³/mol. The molecule has 0 heterocycles. The first-order chi connectivity index (χ1) is 7.78. The summed E-state index contributed by atoms with van der Waals surface area (Å²) in [6.45, 7) is 8.45. The number of rotatable bonds is 3. The molecule has 1 nitrogen and oxygen atoms in total. The molecule has 0 radical (unpaired) electrons. The molecule has 0 amide bonds. The minimum atomic E-state index is -0.970. The SMILES string of the molecule is CC1=C(C=CC(C)(O)C=CCl)C(C)(C)CCC1. The molecule has 0 aromatic rings. The lowest BCUT2D eigenvalue weighted by molar-refractivity contribution is 0.164. The first kappa shape index (κ1) is 14.5. The van der Waals surface area contributed by atoms with E-state index < -0.39 is 5.60 Å². The van der Waals surface area contributed by atoms with Crippen LogP contribution in [0.5, 0.6) is 0 Å². The molecule has 1 unspecified atom stereocenters. The Kier molecular flexibility index (Phi) is 4.62. The van der Waals surface area contributed by atoms with Crippen LogP contribution >= 0.6 is 11.6 Å². The Balaban J connectivity index is 2.96. The molecule has 96 valence electrons. The number of aliphatic hydroxyl groups is 1. The lowest BCUT2D eigenvalue weighted by Gasteiger charge is -2.33. The van der Waals surface area contributed by atoms with E-state index in [1.54, 1.807) is 13.0 Å². The summed E-state index contributed by atoms with van der Waals surface area (Å²) in [5.74, 6) is 0. The Labute approximate surface area is 110 Å². The molecule has 1 rings (SSSR count). The molecular weight excluding hydrogens is 232 g/mol. The fourth-order valence-electron chi connectivity index (χ4n) is 2.45. The molecule has 0 bridgehead atoms. The minimum Gasteiger partial charge on any atom is -0.382 e. The van der Waals surface area contributed by atoms with Crippen LogP contribution in [0.1, 0.15) is 47.0 Å². The summed E-state index contributed by atoms with van der Waals surface area (Å²) in [7, 11) is 0. The van der Waals surface area contributed by atoms with E-state index in [1.165, 1.54) is 29.5 Å². The van der Waals surface area contributed by atoms with Crippen molar-refractivity contribution in [3.63, 3.8) is 0 Å². The zero-order chi connectivity index (χ0) is 13.1. The topological polar surface area (TPSA) is 20.2 Å². The normalized spacial score (nSPS) is 24.6. The second-order valence-electron chi connectivity index (χ2n) is 5.78. The Morgan fingerprint density at radius 3 is 2.53 bits per heavy atom. The van der Waals surface area contributed by atoms with Crippen LogP contribution in [0.25, 0.3) is 0 Å². The standard InChI is InChI=1S/C15H23ClO/c1-12-6-5-8-14(2,3)13(12)7-9-15(4,17)10-11-16/h7,9-11,17H,5-6,8H2,1-4H3. The summed E-state index contributed by atoms with van der Waals surface area (Å²) >= 11 is 5.51. The maximum atomic E-state index is 10.0. The van der Waals surface area contributed by atoms with Gasteiger partial charge in [0, 0.05) is 5.54 Å². The third kappa shape index (κ3) is 4.01. The van der Waals surface area contributed by atoms with Crippen LogP contribution in [0.3, 0.4) is 0 Å². The maximum absolute atomic E-state index is 10.0. The second-order valence-corrected chi connectivity index (χ2v) is 6.04. The summed E-state index contributed by atoms with van der Waals surface area (Å²) in [6.07, 6.45) is 9.09. The van der Waals surface area contributed by atoms with Crippen molar-refractivity contribution in [1.29, 1.82) is 0 Å². The Morgan fingerprint density at radius 1 is 1.35 bits per heavy atom. The third-order valence-corrected chi connectivity index (χ3v) is 3.66. The van der Waals surface area contributed by atoms with Crippen LogP contribution < -0.4 is 0 Å². The molecular formula is C15H23ClO. The maximum Gasteiger partial charge on any atom is 0.0995 e. The molecule has 1 N–H and O–H groups in total. The molecule has 0 saturated heterocycles. The largest absolute Gasteiger partial charge is 0.382 e. The minimum absolute atomic E-state index is 0.208. The van der Waals surface area contributed by atoms with Crippen molar-refractivity contribution >= 4 is 11.6 Å². The van der Waals surface area contributed by atoms with Gasteiger partial charge in [0.15, 0.2) is 0 Å². The number of halogens is 1. The Bertz CT molecular complexity index is 359. The highest BCUT2D eigenvalue weighted by molar-refractivity contribution is 6.25. The molecule has 0 aliphatic heterocycles. The molecule has 0 aromatic heterocycles. The quantitative estimate of drug-likeness (QED) is 0.782. The molecule has 2 heteroatoms. The molecule has 1 aliphatic rings. The van der Waals surface area contributed by atoms with E-state index in [9.17, 15) is 5.11 Å². The van der Waals surface area contributed by atoms with Crippen molar-refractivity contribution in [2.75, 3.05) is 0 Å². The van der Waals surface area contributed by atoms with Crippen molar-refractivity contribution < 1.29 is 5.11 Å². The molecule has 0 spiro atoms. The van der Waals surface area contributed by atoms with Gasteiger partial charge in [-0.1, -0.05) is 37.1 Å². The van der Waals surface area contributed by atoms with Crippen molar-refractivity contribution in [3.8, 4) is 0 Å². The van der Waals surface area contributed by atoms with Gasteiger partial charge in [-0.25, -0.2) is 0 Å². The lowest BCUT2D eigenvalue weighted by atomic mass is 9.72. The summed E-state index contributed by atoms with van der Waals surface area (Å²) < 4.78 is 0. The fourth-order valence-corrected chi connectivity index (χ4v) is 2.70. The van der Waals surface area contributed by atoms with Gasteiger partial charge in [-0.3, -0.25) is 0 Å². The zero-order valence-corrected chi connectivity index (χ0v) is 12.0. The monoisotopic (exact) mass is 254 g/mol. The van der Waals surface area contributed by atoms with Crippen LogP contribution in [0.2, 0.25) is 0 Å². The van der Waals surface area contributed by atoms with Crippen LogP contribution in [-0.4, -0.2) is 10.7 Å². The average molecular weight is 255 g/mol. The smallest absolute Gasteiger partial charge is 0.0995 e. The van der Waals surface area contributed by atoms with Gasteiger partial charge in [0.25, 0.3) is 0 Å². The van der Waals surface area contributed by atoms with E-state index in [0.29, 0.717) is 0 Å². The molecule has 1 aliphatic carbocycles. The Morgan fingerprint density at radius 2 is 2.00 bits per heavy atom. The van der Waals surface area contributed by atoms with Gasteiger partial charge < -0.3 is 5.11 Å². The van der Waals surface area contributed by atoms with Gasteiger partial charge in [-0.05, 0) is 56.3 Å². The van der Waals surface area contributed by atoms with Gasteiger partial charge in [0.05, 0.1) is 5.60 Å². The molecule has 17 heavy (non-hydrogen) atoms. The van der Waals surface area contributed by atoms with Crippen molar-refractivity contribution in [3.05, 3.63) is 34.9 Å². The van der Waals surface area contributed by atoms with Gasteiger partial charge in [0.2, 0.25) is 0 Å². The van der Waals surface area contributed by atoms with Crippen molar-refractivity contribution in [2.24, 2.45) is 5.41 Å². The summed E-state index contributed by atoms with van der Waals surface area (Å²) in [6, 6.07) is 0. The van der Waals surface area contributed by atoms with E-state index in [0.717, 1.165) is 6.42 Å². The summed E-state index contributed by atoms with van der Waals surface area (Å²) in [5, 5.41) is 10.0. The predicted octanol–water partition coefficient (Wildman–Crippen LogP) is 4.57. The lowest BCUT2D eigenvalue weighted by Crippen LogP contribution is -2.21. The highest BCUT2D eigenvalue weighted by Gasteiger charge is 2.27. The fraction of sp³-hybridized carbons (Fsp3) is 0.600. The molecule has 1 atom stereocenters. The van der Waals surface area contributed by atoms with Crippen molar-refractivity contribution in [2.45, 2.75) is 52.6 Å². The Hall–Kier alpha value is -0.530. The summed E-state index contributed by atoms with van der Waals surface area (Å²) in [4.78, 5) is 0. The van der Waals surface area contributed by atoms with Crippen LogP contribution in [0, 0.1) is 5.41 Å². The molecule has 0 fully saturated rings. The number of hydrogen-bond acceptors (Lipinski definition) is 1. The van der Waals surface area contributed by atoms with Gasteiger partial charge in [0.1, 0.15) is 0 Å². The van der Waals surface area contributed by atoms with Crippen LogP contribution in [-0.2, 0) is 0 Å².